The summed E-state index contributed by atoms with van der Waals surface area (Å²) in [7, 11) is 0. The minimum Gasteiger partial charge on any atom is -0.300 e. The van der Waals surface area contributed by atoms with Crippen LogP contribution in [0.3, 0.4) is 0 Å². The number of carbonyl (C=O) groups excluding carboxylic acids is 1. The smallest absolute Gasteiger partial charge is 0.133 e. The molecular formula is C15H30O. The molecule has 1 aliphatic carbocycles. The number of hydrogen-bond acceptors (Lipinski definition) is 1. The average molecular weight is 226 g/mol. The third-order valence-corrected chi connectivity index (χ3v) is 3.82. The van der Waals surface area contributed by atoms with Crippen molar-refractivity contribution in [2.75, 3.05) is 0 Å². The highest BCUT2D eigenvalue weighted by Crippen LogP contribution is 2.32. The molecule has 0 saturated heterocycles. The number of Topliss-reactive ketones (excluding diaryl/α,β-unsaturated/α-hetero) is 1. The first-order valence-electron chi connectivity index (χ1n) is 7.06. The SMILES string of the molecule is CCC(C)C.CCC1CCC(=O)CC1CC. The molecule has 2 atom stereocenters. The largest absolute Gasteiger partial charge is 0.300 e. The van der Waals surface area contributed by atoms with Crippen molar-refractivity contribution in [2.45, 2.75) is 73.1 Å². The molecule has 1 aliphatic rings. The first-order valence-corrected chi connectivity index (χ1v) is 7.06. The summed E-state index contributed by atoms with van der Waals surface area (Å²) in [6.45, 7) is 11.1. The summed E-state index contributed by atoms with van der Waals surface area (Å²) < 4.78 is 0. The van der Waals surface area contributed by atoms with Gasteiger partial charge in [0.15, 0.2) is 0 Å². The van der Waals surface area contributed by atoms with E-state index in [0.717, 1.165) is 31.1 Å². The van der Waals surface area contributed by atoms with Gasteiger partial charge in [-0.05, 0) is 24.2 Å². The molecule has 1 saturated carbocycles. The first kappa shape index (κ1) is 15.7. The fourth-order valence-corrected chi connectivity index (χ4v) is 2.16. The molecule has 0 aromatic rings. The lowest BCUT2D eigenvalue weighted by Gasteiger charge is -2.28. The lowest BCUT2D eigenvalue weighted by Crippen LogP contribution is -2.23. The van der Waals surface area contributed by atoms with Crippen LogP contribution in [0.15, 0.2) is 0 Å². The van der Waals surface area contributed by atoms with Crippen LogP contribution in [0.25, 0.3) is 0 Å². The summed E-state index contributed by atoms with van der Waals surface area (Å²) in [5, 5.41) is 0. The van der Waals surface area contributed by atoms with Crippen molar-refractivity contribution in [3.63, 3.8) is 0 Å². The Morgan fingerprint density at radius 3 is 2.00 bits per heavy atom. The molecule has 0 heterocycles. The van der Waals surface area contributed by atoms with Crippen molar-refractivity contribution in [3.05, 3.63) is 0 Å². The summed E-state index contributed by atoms with van der Waals surface area (Å²) in [6, 6.07) is 0. The predicted octanol–water partition coefficient (Wildman–Crippen LogP) is 4.84. The molecule has 0 amide bonds. The third-order valence-electron chi connectivity index (χ3n) is 3.82. The molecule has 16 heavy (non-hydrogen) atoms. The van der Waals surface area contributed by atoms with E-state index in [2.05, 4.69) is 34.6 Å². The lowest BCUT2D eigenvalue weighted by molar-refractivity contribution is -0.122. The van der Waals surface area contributed by atoms with Crippen LogP contribution in [0.4, 0.5) is 0 Å². The first-order chi connectivity index (χ1) is 7.54. The molecule has 96 valence electrons. The van der Waals surface area contributed by atoms with Gasteiger partial charge in [0.05, 0.1) is 0 Å². The Kier molecular flexibility index (Phi) is 8.60. The van der Waals surface area contributed by atoms with Crippen LogP contribution in [0.5, 0.6) is 0 Å². The van der Waals surface area contributed by atoms with Gasteiger partial charge in [-0.3, -0.25) is 4.79 Å². The van der Waals surface area contributed by atoms with E-state index < -0.39 is 0 Å². The molecule has 1 rings (SSSR count). The molecule has 0 aliphatic heterocycles. The molecule has 0 bridgehead atoms. The zero-order valence-corrected chi connectivity index (χ0v) is 11.9. The summed E-state index contributed by atoms with van der Waals surface area (Å²) in [4.78, 5) is 11.1. The standard InChI is InChI=1S/C10H18O.C5H12/c1-3-8-5-6-10(11)7-9(8)4-2;1-4-5(2)3/h8-9H,3-7H2,1-2H3;5H,4H2,1-3H3. The van der Waals surface area contributed by atoms with Gasteiger partial charge in [-0.15, -0.1) is 0 Å². The van der Waals surface area contributed by atoms with Crippen LogP contribution in [-0.4, -0.2) is 5.78 Å². The van der Waals surface area contributed by atoms with E-state index in [0.29, 0.717) is 11.7 Å². The summed E-state index contributed by atoms with van der Waals surface area (Å²) >= 11 is 0. The van der Waals surface area contributed by atoms with Gasteiger partial charge in [-0.2, -0.15) is 0 Å². The van der Waals surface area contributed by atoms with E-state index in [-0.39, 0.29) is 0 Å². The van der Waals surface area contributed by atoms with E-state index in [4.69, 9.17) is 0 Å². The Hall–Kier alpha value is -0.330. The monoisotopic (exact) mass is 226 g/mol. The molecule has 0 radical (unpaired) electrons. The van der Waals surface area contributed by atoms with Crippen molar-refractivity contribution in [3.8, 4) is 0 Å². The molecule has 1 heteroatoms. The Bertz CT molecular complexity index is 184. The van der Waals surface area contributed by atoms with Gasteiger partial charge in [-0.25, -0.2) is 0 Å². The van der Waals surface area contributed by atoms with E-state index in [9.17, 15) is 4.79 Å². The molecular weight excluding hydrogens is 196 g/mol. The number of ketones is 1. The topological polar surface area (TPSA) is 17.1 Å². The molecule has 0 aromatic carbocycles. The molecule has 0 aromatic heterocycles. The zero-order valence-electron chi connectivity index (χ0n) is 11.9. The molecule has 1 fully saturated rings. The highest BCUT2D eigenvalue weighted by atomic mass is 16.1. The predicted molar refractivity (Wildman–Crippen MR) is 71.5 cm³/mol. The Morgan fingerprint density at radius 2 is 1.62 bits per heavy atom. The zero-order chi connectivity index (χ0) is 12.6. The van der Waals surface area contributed by atoms with E-state index in [1.165, 1.54) is 19.3 Å². The van der Waals surface area contributed by atoms with Crippen LogP contribution in [0.2, 0.25) is 0 Å². The number of rotatable bonds is 3. The van der Waals surface area contributed by atoms with Crippen molar-refractivity contribution >= 4 is 5.78 Å². The quantitative estimate of drug-likeness (QED) is 0.672. The fourth-order valence-electron chi connectivity index (χ4n) is 2.16. The molecule has 0 spiro atoms. The maximum Gasteiger partial charge on any atom is 0.133 e. The third kappa shape index (κ3) is 6.30. The molecule has 2 unspecified atom stereocenters. The van der Waals surface area contributed by atoms with E-state index >= 15 is 0 Å². The minimum absolute atomic E-state index is 0.488. The van der Waals surface area contributed by atoms with Crippen molar-refractivity contribution in [2.24, 2.45) is 17.8 Å². The van der Waals surface area contributed by atoms with Gasteiger partial charge in [0.1, 0.15) is 5.78 Å². The highest BCUT2D eigenvalue weighted by molar-refractivity contribution is 5.79. The van der Waals surface area contributed by atoms with Gasteiger partial charge in [0.25, 0.3) is 0 Å². The Morgan fingerprint density at radius 1 is 1.12 bits per heavy atom. The second-order valence-electron chi connectivity index (χ2n) is 5.42. The van der Waals surface area contributed by atoms with Gasteiger partial charge in [-0.1, -0.05) is 53.9 Å². The van der Waals surface area contributed by atoms with Gasteiger partial charge in [0.2, 0.25) is 0 Å². The van der Waals surface area contributed by atoms with Crippen LogP contribution in [-0.2, 0) is 4.79 Å². The summed E-state index contributed by atoms with van der Waals surface area (Å²) in [5.41, 5.74) is 0. The number of hydrogen-bond donors (Lipinski definition) is 0. The van der Waals surface area contributed by atoms with Gasteiger partial charge >= 0.3 is 0 Å². The highest BCUT2D eigenvalue weighted by Gasteiger charge is 2.26. The van der Waals surface area contributed by atoms with Crippen LogP contribution >= 0.6 is 0 Å². The van der Waals surface area contributed by atoms with E-state index in [1.54, 1.807) is 0 Å². The second-order valence-corrected chi connectivity index (χ2v) is 5.42. The molecule has 1 nitrogen and oxygen atoms in total. The summed E-state index contributed by atoms with van der Waals surface area (Å²) in [5.74, 6) is 2.90. The maximum atomic E-state index is 11.1. The van der Waals surface area contributed by atoms with Crippen LogP contribution < -0.4 is 0 Å². The van der Waals surface area contributed by atoms with Crippen molar-refractivity contribution in [1.82, 2.24) is 0 Å². The van der Waals surface area contributed by atoms with Crippen molar-refractivity contribution in [1.29, 1.82) is 0 Å². The minimum atomic E-state index is 0.488. The van der Waals surface area contributed by atoms with E-state index in [1.807, 2.05) is 0 Å². The fraction of sp³-hybridized carbons (Fsp3) is 0.933. The maximum absolute atomic E-state index is 11.1. The second kappa shape index (κ2) is 8.78. The Balaban J connectivity index is 0.000000385. The van der Waals surface area contributed by atoms with Crippen LogP contribution in [0.1, 0.15) is 73.1 Å². The number of carbonyl (C=O) groups is 1. The van der Waals surface area contributed by atoms with Crippen molar-refractivity contribution < 1.29 is 4.79 Å². The van der Waals surface area contributed by atoms with Gasteiger partial charge in [0, 0.05) is 12.8 Å². The molecule has 0 N–H and O–H groups in total. The summed E-state index contributed by atoms with van der Waals surface area (Å²) in [6.07, 6.45) is 6.59. The van der Waals surface area contributed by atoms with Crippen LogP contribution in [0, 0.1) is 17.8 Å². The van der Waals surface area contributed by atoms with Gasteiger partial charge < -0.3 is 0 Å². The lowest BCUT2D eigenvalue weighted by atomic mass is 9.76. The average Bonchev–Trinajstić information content (AvgIpc) is 2.29. The Labute approximate surface area is 102 Å². The normalized spacial score (nSPS) is 25.2.